The van der Waals surface area contributed by atoms with Crippen molar-refractivity contribution in [2.75, 3.05) is 7.05 Å². The Bertz CT molecular complexity index is 1270. The minimum absolute atomic E-state index is 0.0667. The third-order valence-electron chi connectivity index (χ3n) is 6.91. The van der Waals surface area contributed by atoms with E-state index in [0.717, 1.165) is 24.8 Å². The first-order chi connectivity index (χ1) is 19.1. The first-order valence-corrected chi connectivity index (χ1v) is 13.9. The normalized spacial score (nSPS) is 17.8. The molecule has 40 heavy (non-hydrogen) atoms. The number of benzene rings is 3. The zero-order valence-corrected chi connectivity index (χ0v) is 22.8. The van der Waals surface area contributed by atoms with Crippen LogP contribution in [-0.4, -0.2) is 52.6 Å². The summed E-state index contributed by atoms with van der Waals surface area (Å²) in [5.41, 5.74) is 1.90. The summed E-state index contributed by atoms with van der Waals surface area (Å²) in [6.45, 7) is 0.147. The van der Waals surface area contributed by atoms with Gasteiger partial charge in [0.05, 0.1) is 0 Å². The highest BCUT2D eigenvalue weighted by molar-refractivity contribution is 8.00. The van der Waals surface area contributed by atoms with E-state index in [1.54, 1.807) is 24.3 Å². The fraction of sp³-hybridized carbons (Fsp3) is 0.333. The molecule has 0 saturated heterocycles. The third kappa shape index (κ3) is 8.25. The van der Waals surface area contributed by atoms with Crippen molar-refractivity contribution < 1.29 is 32.6 Å². The quantitative estimate of drug-likeness (QED) is 0.287. The summed E-state index contributed by atoms with van der Waals surface area (Å²) < 4.78 is 40.9. The Labute approximate surface area is 235 Å². The lowest BCUT2D eigenvalue weighted by Crippen LogP contribution is -2.40. The van der Waals surface area contributed by atoms with Crippen LogP contribution in [-0.2, 0) is 17.8 Å². The molecule has 0 aliphatic heterocycles. The highest BCUT2D eigenvalue weighted by atomic mass is 32.2. The molecule has 0 radical (unpaired) electrons. The lowest BCUT2D eigenvalue weighted by Gasteiger charge is -2.29. The molecule has 1 fully saturated rings. The average molecular weight is 573 g/mol. The van der Waals surface area contributed by atoms with E-state index in [9.17, 15) is 27.9 Å². The molecule has 1 aliphatic rings. The SMILES string of the molecule is CN(C(=O)c1ccc(C[C@H](NCc2ccc(OC(F)(F)F)cc2)C(=O)O)cc1)C1CCCC1Sc1ccccc1. The number of carboxylic acids is 1. The van der Waals surface area contributed by atoms with Crippen LogP contribution in [0.2, 0.25) is 0 Å². The number of thioether (sulfide) groups is 1. The number of hydrogen-bond acceptors (Lipinski definition) is 5. The van der Waals surface area contributed by atoms with Gasteiger partial charge in [-0.25, -0.2) is 0 Å². The molecule has 3 atom stereocenters. The van der Waals surface area contributed by atoms with Gasteiger partial charge >= 0.3 is 12.3 Å². The second-order valence-electron chi connectivity index (χ2n) is 9.75. The Morgan fingerprint density at radius 1 is 1.00 bits per heavy atom. The topological polar surface area (TPSA) is 78.9 Å². The summed E-state index contributed by atoms with van der Waals surface area (Å²) in [5.74, 6) is -1.47. The molecule has 0 aromatic heterocycles. The number of ether oxygens (including phenoxy) is 1. The number of carbonyl (C=O) groups excluding carboxylic acids is 1. The van der Waals surface area contributed by atoms with Crippen LogP contribution in [0, 0.1) is 0 Å². The number of nitrogens with zero attached hydrogens (tertiary/aromatic N) is 1. The maximum atomic E-state index is 13.3. The molecule has 10 heteroatoms. The molecule has 4 rings (SSSR count). The average Bonchev–Trinajstić information content (AvgIpc) is 3.39. The van der Waals surface area contributed by atoms with E-state index in [4.69, 9.17) is 0 Å². The lowest BCUT2D eigenvalue weighted by atomic mass is 10.0. The number of hydrogen-bond donors (Lipinski definition) is 2. The minimum Gasteiger partial charge on any atom is -0.480 e. The van der Waals surface area contributed by atoms with E-state index in [1.807, 2.05) is 41.9 Å². The zero-order valence-electron chi connectivity index (χ0n) is 21.9. The number of rotatable bonds is 11. The maximum absolute atomic E-state index is 13.3. The Morgan fingerprint density at radius 2 is 1.65 bits per heavy atom. The van der Waals surface area contributed by atoms with E-state index in [2.05, 4.69) is 22.2 Å². The Hall–Kier alpha value is -3.50. The van der Waals surface area contributed by atoms with Crippen LogP contribution in [0.5, 0.6) is 5.75 Å². The van der Waals surface area contributed by atoms with Crippen molar-refractivity contribution in [1.29, 1.82) is 0 Å². The number of carbonyl (C=O) groups is 2. The van der Waals surface area contributed by atoms with Crippen molar-refractivity contribution in [3.05, 3.63) is 95.6 Å². The minimum atomic E-state index is -4.77. The molecule has 2 N–H and O–H groups in total. The molecule has 3 aromatic carbocycles. The molecule has 1 amide bonds. The van der Waals surface area contributed by atoms with Crippen molar-refractivity contribution in [3.63, 3.8) is 0 Å². The lowest BCUT2D eigenvalue weighted by molar-refractivity contribution is -0.274. The second-order valence-corrected chi connectivity index (χ2v) is 11.1. The van der Waals surface area contributed by atoms with Crippen molar-refractivity contribution in [2.45, 2.75) is 60.8 Å². The second kappa shape index (κ2) is 13.2. The number of nitrogens with one attached hydrogen (secondary N) is 1. The van der Waals surface area contributed by atoms with Crippen LogP contribution in [0.3, 0.4) is 0 Å². The number of amides is 1. The fourth-order valence-electron chi connectivity index (χ4n) is 4.83. The monoisotopic (exact) mass is 572 g/mol. The van der Waals surface area contributed by atoms with Gasteiger partial charge in [0.25, 0.3) is 5.91 Å². The molecule has 0 spiro atoms. The molecule has 2 unspecified atom stereocenters. The fourth-order valence-corrected chi connectivity index (χ4v) is 6.26. The Morgan fingerprint density at radius 3 is 2.27 bits per heavy atom. The third-order valence-corrected chi connectivity index (χ3v) is 8.31. The van der Waals surface area contributed by atoms with Gasteiger partial charge < -0.3 is 20.1 Å². The van der Waals surface area contributed by atoms with Crippen LogP contribution in [0.25, 0.3) is 0 Å². The molecule has 6 nitrogen and oxygen atoms in total. The van der Waals surface area contributed by atoms with Crippen molar-refractivity contribution in [3.8, 4) is 5.75 Å². The van der Waals surface area contributed by atoms with E-state index >= 15 is 0 Å². The first-order valence-electron chi connectivity index (χ1n) is 13.0. The van der Waals surface area contributed by atoms with Crippen LogP contribution in [0.1, 0.15) is 40.7 Å². The van der Waals surface area contributed by atoms with Crippen LogP contribution >= 0.6 is 11.8 Å². The summed E-state index contributed by atoms with van der Waals surface area (Å²) in [4.78, 5) is 28.1. The molecule has 0 heterocycles. The van der Waals surface area contributed by atoms with Gasteiger partial charge in [0.15, 0.2) is 0 Å². The van der Waals surface area contributed by atoms with Gasteiger partial charge in [-0.1, -0.05) is 48.9 Å². The standard InChI is InChI=1S/C30H31F3N2O4S/c1-35(26-8-5-9-27(26)40-24-6-3-2-4-7-24)28(36)22-14-10-20(11-15-22)18-25(29(37)38)34-19-21-12-16-23(17-13-21)39-30(31,32)33/h2-4,6-7,10-17,25-27,34H,5,8-9,18-19H2,1H3,(H,37,38)/t25-,26?,27?/m0/s1. The van der Waals surface area contributed by atoms with E-state index < -0.39 is 18.4 Å². The van der Waals surface area contributed by atoms with Crippen LogP contribution in [0.15, 0.2) is 83.8 Å². The predicted molar refractivity (Wildman–Crippen MR) is 147 cm³/mol. The number of alkyl halides is 3. The van der Waals surface area contributed by atoms with Gasteiger partial charge in [-0.15, -0.1) is 24.9 Å². The van der Waals surface area contributed by atoms with Gasteiger partial charge in [0, 0.05) is 35.3 Å². The van der Waals surface area contributed by atoms with E-state index in [1.165, 1.54) is 29.2 Å². The van der Waals surface area contributed by atoms with Gasteiger partial charge in [-0.05, 0) is 66.8 Å². The van der Waals surface area contributed by atoms with Gasteiger partial charge in [-0.3, -0.25) is 9.59 Å². The van der Waals surface area contributed by atoms with Crippen molar-refractivity contribution >= 4 is 23.6 Å². The summed E-state index contributed by atoms with van der Waals surface area (Å²) in [7, 11) is 1.84. The smallest absolute Gasteiger partial charge is 0.480 e. The molecular formula is C30H31F3N2O4S. The summed E-state index contributed by atoms with van der Waals surface area (Å²) in [6, 6.07) is 21.6. The molecule has 212 valence electrons. The Balaban J connectivity index is 1.33. The van der Waals surface area contributed by atoms with Crippen LogP contribution < -0.4 is 10.1 Å². The summed E-state index contributed by atoms with van der Waals surface area (Å²) in [6.07, 6.45) is -1.52. The van der Waals surface area contributed by atoms with Gasteiger partial charge in [-0.2, -0.15) is 0 Å². The zero-order chi connectivity index (χ0) is 28.7. The number of carboxylic acid groups (broad SMARTS) is 1. The van der Waals surface area contributed by atoms with E-state index in [0.29, 0.717) is 16.4 Å². The van der Waals surface area contributed by atoms with Crippen LogP contribution in [0.4, 0.5) is 13.2 Å². The highest BCUT2D eigenvalue weighted by Crippen LogP contribution is 2.37. The Kier molecular flexibility index (Phi) is 9.76. The van der Waals surface area contributed by atoms with Crippen molar-refractivity contribution in [1.82, 2.24) is 10.2 Å². The summed E-state index contributed by atoms with van der Waals surface area (Å²) >= 11 is 1.81. The highest BCUT2D eigenvalue weighted by Gasteiger charge is 2.34. The van der Waals surface area contributed by atoms with Gasteiger partial charge in [0.2, 0.25) is 0 Å². The molecule has 1 saturated carbocycles. The van der Waals surface area contributed by atoms with Gasteiger partial charge in [0.1, 0.15) is 11.8 Å². The molecule has 1 aliphatic carbocycles. The molecule has 0 bridgehead atoms. The first kappa shape index (κ1) is 29.5. The molecular weight excluding hydrogens is 541 g/mol. The molecule has 3 aromatic rings. The number of aliphatic carboxylic acids is 1. The predicted octanol–water partition coefficient (Wildman–Crippen LogP) is 6.16. The van der Waals surface area contributed by atoms with E-state index in [-0.39, 0.29) is 30.7 Å². The number of halogens is 3. The summed E-state index contributed by atoms with van der Waals surface area (Å²) in [5, 5.41) is 12.9. The van der Waals surface area contributed by atoms with Crippen molar-refractivity contribution in [2.24, 2.45) is 0 Å². The largest absolute Gasteiger partial charge is 0.573 e. The maximum Gasteiger partial charge on any atom is 0.573 e.